The third-order valence-corrected chi connectivity index (χ3v) is 6.26. The molecule has 0 atom stereocenters. The van der Waals surface area contributed by atoms with Crippen LogP contribution in [0.1, 0.15) is 35.2 Å². The van der Waals surface area contributed by atoms with E-state index in [2.05, 4.69) is 26.3 Å². The maximum Gasteiger partial charge on any atom is 0.255 e. The van der Waals surface area contributed by atoms with Gasteiger partial charge >= 0.3 is 0 Å². The highest BCUT2D eigenvalue weighted by atomic mass is 16.1. The van der Waals surface area contributed by atoms with Crippen molar-refractivity contribution in [2.45, 2.75) is 26.2 Å². The van der Waals surface area contributed by atoms with Crippen molar-refractivity contribution in [3.05, 3.63) is 78.0 Å². The van der Waals surface area contributed by atoms with Crippen molar-refractivity contribution >= 4 is 34.1 Å². The number of nitrogen functional groups attached to an aromatic ring is 1. The lowest BCUT2D eigenvalue weighted by atomic mass is 9.97. The Kier molecular flexibility index (Phi) is 5.65. The number of nitrogens with zero attached hydrogens (tertiary/aromatic N) is 3. The van der Waals surface area contributed by atoms with Gasteiger partial charge in [0, 0.05) is 30.2 Å². The summed E-state index contributed by atoms with van der Waals surface area (Å²) in [6.07, 6.45) is 5.37. The minimum Gasteiger partial charge on any atom is -0.370 e. The SMILES string of the molecule is Cc1ccc(C(=O)Nc2ccccc2N2CCCCC2)cc1-c1ccc2nc(N)ncc2c1. The van der Waals surface area contributed by atoms with Crippen molar-refractivity contribution in [3.63, 3.8) is 0 Å². The van der Waals surface area contributed by atoms with E-state index < -0.39 is 0 Å². The molecule has 166 valence electrons. The lowest BCUT2D eigenvalue weighted by Gasteiger charge is -2.30. The predicted molar refractivity (Wildman–Crippen MR) is 135 cm³/mol. The summed E-state index contributed by atoms with van der Waals surface area (Å²) in [6, 6.07) is 19.9. The molecule has 6 heteroatoms. The van der Waals surface area contributed by atoms with Gasteiger partial charge in [-0.15, -0.1) is 0 Å². The minimum atomic E-state index is -0.113. The number of carbonyl (C=O) groups is 1. The average Bonchev–Trinajstić information content (AvgIpc) is 2.85. The van der Waals surface area contributed by atoms with Gasteiger partial charge in [-0.05, 0) is 79.3 Å². The molecule has 0 saturated carbocycles. The molecule has 2 heterocycles. The highest BCUT2D eigenvalue weighted by Gasteiger charge is 2.17. The number of para-hydroxylation sites is 2. The van der Waals surface area contributed by atoms with E-state index in [1.807, 2.05) is 61.5 Å². The first-order valence-corrected chi connectivity index (χ1v) is 11.4. The molecule has 1 amide bonds. The summed E-state index contributed by atoms with van der Waals surface area (Å²) in [5, 5.41) is 4.05. The highest BCUT2D eigenvalue weighted by Crippen LogP contribution is 2.30. The minimum absolute atomic E-state index is 0.113. The molecular formula is C27H27N5O. The van der Waals surface area contributed by atoms with E-state index >= 15 is 0 Å². The number of nitrogens with one attached hydrogen (secondary N) is 1. The van der Waals surface area contributed by atoms with Crippen LogP contribution in [0.4, 0.5) is 17.3 Å². The van der Waals surface area contributed by atoms with Crippen LogP contribution >= 0.6 is 0 Å². The zero-order chi connectivity index (χ0) is 22.8. The summed E-state index contributed by atoms with van der Waals surface area (Å²) in [6.45, 7) is 4.10. The molecule has 6 nitrogen and oxygen atoms in total. The molecule has 1 aromatic heterocycles. The molecule has 1 aliphatic heterocycles. The Hall–Kier alpha value is -3.93. The van der Waals surface area contributed by atoms with Crippen LogP contribution in [0.15, 0.2) is 66.9 Å². The number of aryl methyl sites for hydroxylation is 1. The van der Waals surface area contributed by atoms with Gasteiger partial charge in [-0.25, -0.2) is 9.97 Å². The van der Waals surface area contributed by atoms with Gasteiger partial charge in [-0.1, -0.05) is 24.3 Å². The smallest absolute Gasteiger partial charge is 0.255 e. The number of piperidine rings is 1. The predicted octanol–water partition coefficient (Wildman–Crippen LogP) is 5.43. The third kappa shape index (κ3) is 4.37. The molecule has 1 fully saturated rings. The Bertz CT molecular complexity index is 1330. The Labute approximate surface area is 193 Å². The number of aromatic nitrogens is 2. The van der Waals surface area contributed by atoms with E-state index in [9.17, 15) is 4.79 Å². The number of anilines is 3. The molecule has 3 aromatic carbocycles. The maximum absolute atomic E-state index is 13.2. The largest absolute Gasteiger partial charge is 0.370 e. The van der Waals surface area contributed by atoms with Crippen LogP contribution in [-0.4, -0.2) is 29.0 Å². The summed E-state index contributed by atoms with van der Waals surface area (Å²) in [4.78, 5) is 24.0. The molecule has 0 radical (unpaired) electrons. The van der Waals surface area contributed by atoms with Crippen molar-refractivity contribution in [1.82, 2.24) is 9.97 Å². The van der Waals surface area contributed by atoms with E-state index in [0.717, 1.165) is 52.1 Å². The molecule has 4 aromatic rings. The van der Waals surface area contributed by atoms with Gasteiger partial charge in [0.15, 0.2) is 0 Å². The van der Waals surface area contributed by atoms with Crippen LogP contribution in [0.5, 0.6) is 0 Å². The average molecular weight is 438 g/mol. The van der Waals surface area contributed by atoms with Gasteiger partial charge in [0.1, 0.15) is 0 Å². The van der Waals surface area contributed by atoms with Gasteiger partial charge in [-0.3, -0.25) is 4.79 Å². The quantitative estimate of drug-likeness (QED) is 0.445. The van der Waals surface area contributed by atoms with E-state index in [1.165, 1.54) is 19.3 Å². The van der Waals surface area contributed by atoms with Crippen LogP contribution in [0.25, 0.3) is 22.0 Å². The van der Waals surface area contributed by atoms with E-state index in [-0.39, 0.29) is 11.9 Å². The zero-order valence-electron chi connectivity index (χ0n) is 18.7. The summed E-state index contributed by atoms with van der Waals surface area (Å²) in [7, 11) is 0. The van der Waals surface area contributed by atoms with Gasteiger partial charge < -0.3 is 16.0 Å². The molecule has 0 spiro atoms. The number of benzene rings is 3. The summed E-state index contributed by atoms with van der Waals surface area (Å²) < 4.78 is 0. The number of rotatable bonds is 4. The Morgan fingerprint density at radius 3 is 2.67 bits per heavy atom. The van der Waals surface area contributed by atoms with Crippen LogP contribution in [0, 0.1) is 6.92 Å². The fourth-order valence-electron chi connectivity index (χ4n) is 4.47. The van der Waals surface area contributed by atoms with Crippen molar-refractivity contribution < 1.29 is 4.79 Å². The second-order valence-corrected chi connectivity index (χ2v) is 8.55. The van der Waals surface area contributed by atoms with Gasteiger partial charge in [-0.2, -0.15) is 0 Å². The van der Waals surface area contributed by atoms with Crippen LogP contribution in [0.2, 0.25) is 0 Å². The molecule has 0 aliphatic carbocycles. The Morgan fingerprint density at radius 1 is 1.00 bits per heavy atom. The number of fused-ring (bicyclic) bond motifs is 1. The molecule has 5 rings (SSSR count). The third-order valence-electron chi connectivity index (χ3n) is 6.26. The first-order valence-electron chi connectivity index (χ1n) is 11.4. The van der Waals surface area contributed by atoms with Gasteiger partial charge in [0.25, 0.3) is 5.91 Å². The monoisotopic (exact) mass is 437 g/mol. The lowest BCUT2D eigenvalue weighted by Crippen LogP contribution is -2.30. The lowest BCUT2D eigenvalue weighted by molar-refractivity contribution is 0.102. The van der Waals surface area contributed by atoms with E-state index in [0.29, 0.717) is 5.56 Å². The fourth-order valence-corrected chi connectivity index (χ4v) is 4.47. The number of carbonyl (C=O) groups excluding carboxylic acids is 1. The van der Waals surface area contributed by atoms with Crippen LogP contribution in [0.3, 0.4) is 0 Å². The van der Waals surface area contributed by atoms with Crippen LogP contribution in [-0.2, 0) is 0 Å². The number of hydrogen-bond acceptors (Lipinski definition) is 5. The first kappa shape index (κ1) is 20.9. The van der Waals surface area contributed by atoms with E-state index in [1.54, 1.807) is 6.20 Å². The van der Waals surface area contributed by atoms with E-state index in [4.69, 9.17) is 5.73 Å². The number of nitrogens with two attached hydrogens (primary N) is 1. The molecule has 3 N–H and O–H groups in total. The van der Waals surface area contributed by atoms with Crippen molar-refractivity contribution in [1.29, 1.82) is 0 Å². The fraction of sp³-hybridized carbons (Fsp3) is 0.222. The second kappa shape index (κ2) is 8.90. The van der Waals surface area contributed by atoms with Crippen molar-refractivity contribution in [2.75, 3.05) is 29.0 Å². The van der Waals surface area contributed by atoms with Gasteiger partial charge in [0.05, 0.1) is 16.9 Å². The van der Waals surface area contributed by atoms with Crippen molar-refractivity contribution in [2.24, 2.45) is 0 Å². The second-order valence-electron chi connectivity index (χ2n) is 8.55. The molecule has 0 unspecified atom stereocenters. The van der Waals surface area contributed by atoms with Gasteiger partial charge in [0.2, 0.25) is 5.95 Å². The maximum atomic E-state index is 13.2. The summed E-state index contributed by atoms with van der Waals surface area (Å²) >= 11 is 0. The summed E-state index contributed by atoms with van der Waals surface area (Å²) in [5.41, 5.74) is 12.2. The molecule has 33 heavy (non-hydrogen) atoms. The standard InChI is InChI=1S/C27H27N5O/c1-18-9-10-20(16-22(18)19-11-12-23-21(15-19)17-29-27(28)31-23)26(33)30-24-7-3-4-8-25(24)32-13-5-2-6-14-32/h3-4,7-12,15-17H,2,5-6,13-14H2,1H3,(H,30,33)(H2,28,29,31). The first-order chi connectivity index (χ1) is 16.1. The summed E-state index contributed by atoms with van der Waals surface area (Å²) in [5.74, 6) is 0.146. The molecule has 1 saturated heterocycles. The van der Waals surface area contributed by atoms with Crippen LogP contribution < -0.4 is 16.0 Å². The Balaban J connectivity index is 1.44. The zero-order valence-corrected chi connectivity index (χ0v) is 18.7. The Morgan fingerprint density at radius 2 is 1.82 bits per heavy atom. The highest BCUT2D eigenvalue weighted by molar-refractivity contribution is 6.06. The molecular weight excluding hydrogens is 410 g/mol. The number of hydrogen-bond donors (Lipinski definition) is 2. The topological polar surface area (TPSA) is 84.1 Å². The number of amides is 1. The molecule has 1 aliphatic rings. The van der Waals surface area contributed by atoms with Crippen molar-refractivity contribution in [3.8, 4) is 11.1 Å². The molecule has 0 bridgehead atoms. The normalized spacial score (nSPS) is 13.8.